The van der Waals surface area contributed by atoms with E-state index in [1.165, 1.54) is 5.56 Å². The fraction of sp³-hybridized carbons (Fsp3) is 0.261. The van der Waals surface area contributed by atoms with E-state index in [1.807, 2.05) is 38.1 Å². The summed E-state index contributed by atoms with van der Waals surface area (Å²) in [7, 11) is 0. The molecule has 0 amide bonds. The maximum Gasteiger partial charge on any atom is 0.342 e. The van der Waals surface area contributed by atoms with Crippen LogP contribution in [0.25, 0.3) is 0 Å². The summed E-state index contributed by atoms with van der Waals surface area (Å²) in [5.41, 5.74) is 4.33. The molecule has 4 rings (SSSR count). The van der Waals surface area contributed by atoms with Crippen molar-refractivity contribution >= 4 is 11.8 Å². The van der Waals surface area contributed by atoms with Gasteiger partial charge < -0.3 is 14.2 Å². The molecule has 0 atom stereocenters. The van der Waals surface area contributed by atoms with Gasteiger partial charge in [0.15, 0.2) is 23.9 Å². The summed E-state index contributed by atoms with van der Waals surface area (Å²) in [6, 6.07) is 13.0. The molecule has 0 N–H and O–H groups in total. The number of aryl methyl sites for hydroxylation is 2. The quantitative estimate of drug-likeness (QED) is 0.459. The number of hydrogen-bond acceptors (Lipinski definition) is 6. The minimum atomic E-state index is -0.561. The first-order valence-corrected chi connectivity index (χ1v) is 9.62. The van der Waals surface area contributed by atoms with Crippen molar-refractivity contribution in [3.63, 3.8) is 0 Å². The molecular weight excluding hydrogens is 384 g/mol. The number of hydrogen-bond donors (Lipinski definition) is 0. The fourth-order valence-corrected chi connectivity index (χ4v) is 3.37. The zero-order valence-corrected chi connectivity index (χ0v) is 17.1. The van der Waals surface area contributed by atoms with Crippen LogP contribution in [-0.4, -0.2) is 34.9 Å². The van der Waals surface area contributed by atoms with Crippen LogP contribution in [0.2, 0.25) is 0 Å². The lowest BCUT2D eigenvalue weighted by molar-refractivity contribution is 0.0473. The molecule has 1 aliphatic heterocycles. The Morgan fingerprint density at radius 2 is 1.77 bits per heavy atom. The highest BCUT2D eigenvalue weighted by atomic mass is 16.7. The van der Waals surface area contributed by atoms with Crippen molar-refractivity contribution in [3.05, 3.63) is 76.1 Å². The predicted molar refractivity (Wildman–Crippen MR) is 109 cm³/mol. The Morgan fingerprint density at radius 3 is 2.53 bits per heavy atom. The van der Waals surface area contributed by atoms with Crippen molar-refractivity contribution in [1.82, 2.24) is 9.78 Å². The molecule has 0 aliphatic carbocycles. The third-order valence-electron chi connectivity index (χ3n) is 5.07. The van der Waals surface area contributed by atoms with Crippen LogP contribution >= 0.6 is 0 Å². The van der Waals surface area contributed by atoms with E-state index >= 15 is 0 Å². The molecule has 0 fully saturated rings. The summed E-state index contributed by atoms with van der Waals surface area (Å²) >= 11 is 0. The first-order chi connectivity index (χ1) is 14.4. The van der Waals surface area contributed by atoms with Gasteiger partial charge in [0.25, 0.3) is 0 Å². The van der Waals surface area contributed by atoms with Crippen molar-refractivity contribution in [2.24, 2.45) is 0 Å². The Hall–Kier alpha value is -3.61. The van der Waals surface area contributed by atoms with Crippen molar-refractivity contribution in [2.45, 2.75) is 27.3 Å². The van der Waals surface area contributed by atoms with Crippen LogP contribution in [0.3, 0.4) is 0 Å². The van der Waals surface area contributed by atoms with E-state index in [9.17, 15) is 9.59 Å². The van der Waals surface area contributed by atoms with E-state index in [4.69, 9.17) is 14.2 Å². The highest BCUT2D eigenvalue weighted by molar-refractivity contribution is 6.00. The molecule has 1 aromatic heterocycles. The summed E-state index contributed by atoms with van der Waals surface area (Å²) < 4.78 is 17.6. The Morgan fingerprint density at radius 1 is 1.03 bits per heavy atom. The average molecular weight is 406 g/mol. The maximum atomic E-state index is 12.6. The molecule has 7 heteroatoms. The van der Waals surface area contributed by atoms with Gasteiger partial charge in [-0.25, -0.2) is 4.79 Å². The van der Waals surface area contributed by atoms with Crippen LogP contribution in [-0.2, 0) is 11.3 Å². The summed E-state index contributed by atoms with van der Waals surface area (Å²) in [4.78, 5) is 25.1. The lowest BCUT2D eigenvalue weighted by Crippen LogP contribution is -2.15. The number of ether oxygens (including phenoxy) is 3. The molecule has 3 aromatic rings. The molecule has 0 bridgehead atoms. The molecule has 7 nitrogen and oxygen atoms in total. The first kappa shape index (κ1) is 19.7. The number of esters is 1. The van der Waals surface area contributed by atoms with Crippen LogP contribution in [0.15, 0.2) is 42.5 Å². The third-order valence-corrected chi connectivity index (χ3v) is 5.07. The molecule has 1 aliphatic rings. The largest absolute Gasteiger partial charge is 0.454 e. The third kappa shape index (κ3) is 3.91. The second-order valence-corrected chi connectivity index (χ2v) is 7.26. The second-order valence-electron chi connectivity index (χ2n) is 7.26. The van der Waals surface area contributed by atoms with E-state index in [2.05, 4.69) is 5.10 Å². The maximum absolute atomic E-state index is 12.6. The number of rotatable bonds is 6. The first-order valence-electron chi connectivity index (χ1n) is 9.62. The van der Waals surface area contributed by atoms with Gasteiger partial charge in [-0.05, 0) is 44.5 Å². The van der Waals surface area contributed by atoms with Crippen LogP contribution in [0.1, 0.15) is 43.2 Å². The van der Waals surface area contributed by atoms with Gasteiger partial charge in [0, 0.05) is 5.56 Å². The smallest absolute Gasteiger partial charge is 0.342 e. The minimum absolute atomic E-state index is 0.132. The van der Waals surface area contributed by atoms with Crippen molar-refractivity contribution < 1.29 is 23.8 Å². The molecule has 2 aromatic carbocycles. The number of fused-ring (bicyclic) bond motifs is 1. The molecule has 0 radical (unpaired) electrons. The van der Waals surface area contributed by atoms with Gasteiger partial charge in [-0.3, -0.25) is 9.48 Å². The monoisotopic (exact) mass is 406 g/mol. The Bertz CT molecular complexity index is 1120. The second kappa shape index (κ2) is 8.02. The normalized spacial score (nSPS) is 12.1. The van der Waals surface area contributed by atoms with E-state index in [-0.39, 0.29) is 19.2 Å². The van der Waals surface area contributed by atoms with Crippen LogP contribution < -0.4 is 9.47 Å². The molecule has 154 valence electrons. The fourth-order valence-electron chi connectivity index (χ4n) is 3.37. The number of aromatic nitrogens is 2. The minimum Gasteiger partial charge on any atom is -0.454 e. The van der Waals surface area contributed by atoms with Gasteiger partial charge >= 0.3 is 5.97 Å². The Balaban J connectivity index is 1.43. The Labute approximate surface area is 174 Å². The molecular formula is C23H22N2O5. The van der Waals surface area contributed by atoms with Crippen LogP contribution in [0.4, 0.5) is 0 Å². The van der Waals surface area contributed by atoms with E-state index in [0.717, 1.165) is 5.56 Å². The summed E-state index contributed by atoms with van der Waals surface area (Å²) in [6.07, 6.45) is 0. The highest BCUT2D eigenvalue weighted by Crippen LogP contribution is 2.32. The van der Waals surface area contributed by atoms with Crippen LogP contribution in [0.5, 0.6) is 11.5 Å². The zero-order valence-electron chi connectivity index (χ0n) is 17.1. The summed E-state index contributed by atoms with van der Waals surface area (Å²) in [6.45, 7) is 5.94. The average Bonchev–Trinajstić information content (AvgIpc) is 3.31. The number of nitrogens with zero attached hydrogens (tertiary/aromatic N) is 2. The Kier molecular flexibility index (Phi) is 5.27. The van der Waals surface area contributed by atoms with Gasteiger partial charge in [-0.2, -0.15) is 5.10 Å². The molecule has 0 saturated carbocycles. The molecule has 0 saturated heterocycles. The van der Waals surface area contributed by atoms with Gasteiger partial charge in [-0.1, -0.05) is 29.8 Å². The SMILES string of the molecule is Cc1ccc(Cn2nc(C)c(C(=O)OCC(=O)c3ccc4c(c3)OCO4)c2C)cc1. The number of ketones is 1. The van der Waals surface area contributed by atoms with E-state index in [0.29, 0.717) is 40.6 Å². The predicted octanol–water partition coefficient (Wildman–Crippen LogP) is 3.63. The molecule has 30 heavy (non-hydrogen) atoms. The van der Waals surface area contributed by atoms with E-state index in [1.54, 1.807) is 29.8 Å². The lowest BCUT2D eigenvalue weighted by atomic mass is 10.1. The number of carbonyl (C=O) groups excluding carboxylic acids is 2. The van der Waals surface area contributed by atoms with Crippen LogP contribution in [0, 0.1) is 20.8 Å². The van der Waals surface area contributed by atoms with E-state index < -0.39 is 5.97 Å². The van der Waals surface area contributed by atoms with Gasteiger partial charge in [0.05, 0.1) is 17.9 Å². The van der Waals surface area contributed by atoms with Gasteiger partial charge in [0.2, 0.25) is 6.79 Å². The summed E-state index contributed by atoms with van der Waals surface area (Å²) in [5.74, 6) is 0.227. The highest BCUT2D eigenvalue weighted by Gasteiger charge is 2.22. The lowest BCUT2D eigenvalue weighted by Gasteiger charge is -2.07. The molecule has 2 heterocycles. The van der Waals surface area contributed by atoms with Crippen molar-refractivity contribution in [2.75, 3.05) is 13.4 Å². The van der Waals surface area contributed by atoms with Gasteiger partial charge in [-0.15, -0.1) is 0 Å². The number of carbonyl (C=O) groups is 2. The van der Waals surface area contributed by atoms with Crippen molar-refractivity contribution in [3.8, 4) is 11.5 Å². The van der Waals surface area contributed by atoms with Gasteiger partial charge in [0.1, 0.15) is 5.56 Å². The molecule has 0 spiro atoms. The number of benzene rings is 2. The number of Topliss-reactive ketones (excluding diaryl/α,β-unsaturated/α-hetero) is 1. The zero-order chi connectivity index (χ0) is 21.3. The topological polar surface area (TPSA) is 79.7 Å². The standard InChI is InChI=1S/C23H22N2O5/c1-14-4-6-17(7-5-14)11-25-16(3)22(15(2)24-25)23(27)28-12-19(26)18-8-9-20-21(10-18)30-13-29-20/h4-10H,11-13H2,1-3H3. The van der Waals surface area contributed by atoms with Crippen molar-refractivity contribution in [1.29, 1.82) is 0 Å². The molecule has 0 unspecified atom stereocenters. The summed E-state index contributed by atoms with van der Waals surface area (Å²) in [5, 5.41) is 4.47.